The first-order chi connectivity index (χ1) is 15.0. The number of nitrogens with zero attached hydrogens (tertiary/aromatic N) is 4. The molecule has 5 nitrogen and oxygen atoms in total. The van der Waals surface area contributed by atoms with Crippen LogP contribution in [0.25, 0.3) is 22.5 Å². The normalized spacial score (nSPS) is 16.1. The van der Waals surface area contributed by atoms with Crippen LogP contribution in [0, 0.1) is 5.82 Å². The number of rotatable bonds is 7. The molecule has 0 saturated carbocycles. The van der Waals surface area contributed by atoms with E-state index < -0.39 is 0 Å². The van der Waals surface area contributed by atoms with Crippen molar-refractivity contribution in [1.82, 2.24) is 19.4 Å². The minimum absolute atomic E-state index is 0.269. The Hall–Kier alpha value is -3.02. The molecule has 1 fully saturated rings. The Morgan fingerprint density at radius 2 is 2.06 bits per heavy atom. The molecule has 31 heavy (non-hydrogen) atoms. The van der Waals surface area contributed by atoms with Gasteiger partial charge in [0.25, 0.3) is 0 Å². The number of imidazole rings is 1. The standard InChI is InChI=1S/C25H29FN4O/c1-3-6-25(31)30-14-5-9-21(30)11-13-24-28-23(17-29(24)2)19-10-12-22(27-16-19)18-7-4-8-20(26)15-18/h4,7-8,10,12,15-17,21H,3,5-6,9,11,13-14H2,1-2H3. The lowest BCUT2D eigenvalue weighted by Crippen LogP contribution is -2.35. The van der Waals surface area contributed by atoms with E-state index in [-0.39, 0.29) is 11.7 Å². The van der Waals surface area contributed by atoms with Gasteiger partial charge in [-0.3, -0.25) is 9.78 Å². The van der Waals surface area contributed by atoms with Gasteiger partial charge in [0.05, 0.1) is 11.4 Å². The van der Waals surface area contributed by atoms with Crippen LogP contribution < -0.4 is 0 Å². The average Bonchev–Trinajstić information content (AvgIpc) is 3.39. The molecule has 0 spiro atoms. The first kappa shape index (κ1) is 21.2. The Morgan fingerprint density at radius 3 is 2.81 bits per heavy atom. The molecule has 1 atom stereocenters. The van der Waals surface area contributed by atoms with E-state index >= 15 is 0 Å². The summed E-state index contributed by atoms with van der Waals surface area (Å²) in [4.78, 5) is 23.7. The first-order valence-electron chi connectivity index (χ1n) is 11.1. The van der Waals surface area contributed by atoms with Crippen molar-refractivity contribution in [2.75, 3.05) is 6.54 Å². The largest absolute Gasteiger partial charge is 0.340 e. The summed E-state index contributed by atoms with van der Waals surface area (Å²) in [5, 5.41) is 0. The van der Waals surface area contributed by atoms with Gasteiger partial charge < -0.3 is 9.47 Å². The van der Waals surface area contributed by atoms with Crippen LogP contribution in [0.1, 0.15) is 44.9 Å². The topological polar surface area (TPSA) is 51.0 Å². The summed E-state index contributed by atoms with van der Waals surface area (Å²) in [6.45, 7) is 2.94. The molecule has 0 bridgehead atoms. The predicted octanol–water partition coefficient (Wildman–Crippen LogP) is 5.01. The number of carbonyl (C=O) groups is 1. The third-order valence-corrected chi connectivity index (χ3v) is 6.01. The van der Waals surface area contributed by atoms with Crippen molar-refractivity contribution in [3.8, 4) is 22.5 Å². The second-order valence-corrected chi connectivity index (χ2v) is 8.27. The molecule has 3 heterocycles. The smallest absolute Gasteiger partial charge is 0.222 e. The molecule has 0 aliphatic carbocycles. The second kappa shape index (κ2) is 9.41. The van der Waals surface area contributed by atoms with Crippen LogP contribution in [0.5, 0.6) is 0 Å². The van der Waals surface area contributed by atoms with Crippen LogP contribution >= 0.6 is 0 Å². The molecule has 3 aromatic rings. The SMILES string of the molecule is CCCC(=O)N1CCCC1CCc1nc(-c2ccc(-c3cccc(F)c3)nc2)cn1C. The average molecular weight is 421 g/mol. The highest BCUT2D eigenvalue weighted by atomic mass is 19.1. The summed E-state index contributed by atoms with van der Waals surface area (Å²) in [5.74, 6) is 1.03. The third-order valence-electron chi connectivity index (χ3n) is 6.01. The van der Waals surface area contributed by atoms with Crippen molar-refractivity contribution in [2.45, 2.75) is 51.5 Å². The van der Waals surface area contributed by atoms with E-state index in [1.54, 1.807) is 12.3 Å². The van der Waals surface area contributed by atoms with E-state index in [4.69, 9.17) is 4.98 Å². The molecule has 1 amide bonds. The summed E-state index contributed by atoms with van der Waals surface area (Å²) < 4.78 is 15.5. The van der Waals surface area contributed by atoms with Gasteiger partial charge in [0.1, 0.15) is 11.6 Å². The lowest BCUT2D eigenvalue weighted by atomic mass is 10.1. The molecule has 1 aliphatic heterocycles. The Balaban J connectivity index is 1.43. The molecular formula is C25H29FN4O. The van der Waals surface area contributed by atoms with Gasteiger partial charge in [0, 0.05) is 56.0 Å². The van der Waals surface area contributed by atoms with Gasteiger partial charge in [-0.1, -0.05) is 19.1 Å². The van der Waals surface area contributed by atoms with Gasteiger partial charge in [0.15, 0.2) is 0 Å². The van der Waals surface area contributed by atoms with E-state index in [2.05, 4.69) is 21.4 Å². The molecule has 1 aliphatic rings. The van der Waals surface area contributed by atoms with E-state index in [1.807, 2.05) is 31.4 Å². The maximum absolute atomic E-state index is 13.5. The van der Waals surface area contributed by atoms with Crippen molar-refractivity contribution >= 4 is 5.91 Å². The molecule has 6 heteroatoms. The fourth-order valence-corrected chi connectivity index (χ4v) is 4.36. The Bertz CT molecular complexity index is 1040. The van der Waals surface area contributed by atoms with Gasteiger partial charge in [-0.25, -0.2) is 9.37 Å². The maximum Gasteiger partial charge on any atom is 0.222 e. The number of likely N-dealkylation sites (tertiary alicyclic amines) is 1. The summed E-state index contributed by atoms with van der Waals surface area (Å²) in [7, 11) is 2.01. The van der Waals surface area contributed by atoms with Crippen LogP contribution in [0.2, 0.25) is 0 Å². The highest BCUT2D eigenvalue weighted by Gasteiger charge is 2.28. The van der Waals surface area contributed by atoms with Crippen molar-refractivity contribution in [2.24, 2.45) is 7.05 Å². The van der Waals surface area contributed by atoms with E-state index in [0.29, 0.717) is 12.5 Å². The third kappa shape index (κ3) is 4.84. The lowest BCUT2D eigenvalue weighted by Gasteiger charge is -2.24. The number of aryl methyl sites for hydroxylation is 2. The van der Waals surface area contributed by atoms with Crippen molar-refractivity contribution in [1.29, 1.82) is 0 Å². The predicted molar refractivity (Wildman–Crippen MR) is 120 cm³/mol. The fraction of sp³-hybridized carbons (Fsp3) is 0.400. The zero-order chi connectivity index (χ0) is 21.8. The van der Waals surface area contributed by atoms with E-state index in [9.17, 15) is 9.18 Å². The highest BCUT2D eigenvalue weighted by Crippen LogP contribution is 2.25. The molecule has 2 aromatic heterocycles. The lowest BCUT2D eigenvalue weighted by molar-refractivity contribution is -0.132. The molecule has 0 radical (unpaired) electrons. The molecule has 1 unspecified atom stereocenters. The highest BCUT2D eigenvalue weighted by molar-refractivity contribution is 5.76. The Kier molecular flexibility index (Phi) is 6.44. The van der Waals surface area contributed by atoms with Gasteiger partial charge in [-0.15, -0.1) is 0 Å². The fourth-order valence-electron chi connectivity index (χ4n) is 4.36. The number of amides is 1. The minimum Gasteiger partial charge on any atom is -0.340 e. The molecule has 1 saturated heterocycles. The van der Waals surface area contributed by atoms with Crippen LogP contribution in [0.15, 0.2) is 48.8 Å². The number of aromatic nitrogens is 3. The number of hydrogen-bond acceptors (Lipinski definition) is 3. The van der Waals surface area contributed by atoms with Gasteiger partial charge >= 0.3 is 0 Å². The van der Waals surface area contributed by atoms with E-state index in [1.165, 1.54) is 12.1 Å². The second-order valence-electron chi connectivity index (χ2n) is 8.27. The number of carbonyl (C=O) groups excluding carboxylic acids is 1. The number of hydrogen-bond donors (Lipinski definition) is 0. The Labute approximate surface area is 182 Å². The number of pyridine rings is 1. The monoisotopic (exact) mass is 420 g/mol. The minimum atomic E-state index is -0.269. The van der Waals surface area contributed by atoms with Crippen LogP contribution in [0.4, 0.5) is 4.39 Å². The summed E-state index contributed by atoms with van der Waals surface area (Å²) >= 11 is 0. The van der Waals surface area contributed by atoms with Crippen LogP contribution in [0.3, 0.4) is 0 Å². The Morgan fingerprint density at radius 1 is 1.19 bits per heavy atom. The van der Waals surface area contributed by atoms with E-state index in [0.717, 1.165) is 67.0 Å². The summed E-state index contributed by atoms with van der Waals surface area (Å²) in [6.07, 6.45) is 9.30. The van der Waals surface area contributed by atoms with Gasteiger partial charge in [-0.05, 0) is 49.9 Å². The molecule has 0 N–H and O–H groups in total. The van der Waals surface area contributed by atoms with Crippen LogP contribution in [-0.2, 0) is 18.3 Å². The summed E-state index contributed by atoms with van der Waals surface area (Å²) in [6, 6.07) is 10.6. The van der Waals surface area contributed by atoms with Gasteiger partial charge in [0.2, 0.25) is 5.91 Å². The van der Waals surface area contributed by atoms with Crippen molar-refractivity contribution < 1.29 is 9.18 Å². The molecule has 1 aromatic carbocycles. The van der Waals surface area contributed by atoms with Gasteiger partial charge in [-0.2, -0.15) is 0 Å². The van der Waals surface area contributed by atoms with Crippen LogP contribution in [-0.4, -0.2) is 37.9 Å². The molecule has 162 valence electrons. The zero-order valence-electron chi connectivity index (χ0n) is 18.2. The van der Waals surface area contributed by atoms with Crippen molar-refractivity contribution in [3.05, 3.63) is 60.4 Å². The molecule has 4 rings (SSSR count). The molecular weight excluding hydrogens is 391 g/mol. The first-order valence-corrected chi connectivity index (χ1v) is 11.1. The quantitative estimate of drug-likeness (QED) is 0.540. The zero-order valence-corrected chi connectivity index (χ0v) is 18.2. The number of benzene rings is 1. The maximum atomic E-state index is 13.5. The van der Waals surface area contributed by atoms with Crippen molar-refractivity contribution in [3.63, 3.8) is 0 Å². The number of halogens is 1. The summed E-state index contributed by atoms with van der Waals surface area (Å²) in [5.41, 5.74) is 3.30.